The molecule has 18 heavy (non-hydrogen) atoms. The summed E-state index contributed by atoms with van der Waals surface area (Å²) in [5.41, 5.74) is 0. The summed E-state index contributed by atoms with van der Waals surface area (Å²) in [6.07, 6.45) is 2.71. The minimum Gasteiger partial charge on any atom is -0.374 e. The van der Waals surface area contributed by atoms with Crippen LogP contribution in [-0.4, -0.2) is 60.8 Å². The zero-order valence-corrected chi connectivity index (χ0v) is 12.3. The molecule has 0 aromatic heterocycles. The van der Waals surface area contributed by atoms with Crippen molar-refractivity contribution in [1.29, 1.82) is 0 Å². The Balaban J connectivity index is 1.78. The van der Waals surface area contributed by atoms with E-state index in [9.17, 15) is 0 Å². The Bertz CT molecular complexity index is 285. The monoisotopic (exact) mass is 271 g/mol. The molecule has 2 aliphatic heterocycles. The number of ether oxygens (including phenoxy) is 1. The molecular formula is C13H25N3OS. The Morgan fingerprint density at radius 1 is 1.50 bits per heavy atom. The van der Waals surface area contributed by atoms with Crippen molar-refractivity contribution < 1.29 is 4.74 Å². The van der Waals surface area contributed by atoms with Crippen molar-refractivity contribution in [3.05, 3.63) is 0 Å². The average Bonchev–Trinajstić information content (AvgIpc) is 2.45. The van der Waals surface area contributed by atoms with Crippen LogP contribution < -0.4 is 5.32 Å². The van der Waals surface area contributed by atoms with E-state index in [0.717, 1.165) is 38.0 Å². The molecule has 2 saturated heterocycles. The number of thioether (sulfide) groups is 1. The third-order valence-corrected chi connectivity index (χ3v) is 4.59. The second-order valence-corrected chi connectivity index (χ2v) is 6.00. The maximum Gasteiger partial charge on any atom is 0.156 e. The van der Waals surface area contributed by atoms with Gasteiger partial charge in [0.25, 0.3) is 0 Å². The van der Waals surface area contributed by atoms with Crippen LogP contribution in [0.4, 0.5) is 0 Å². The highest BCUT2D eigenvalue weighted by Crippen LogP contribution is 2.16. The first-order chi connectivity index (χ1) is 8.81. The molecule has 2 rings (SSSR count). The molecule has 0 aliphatic carbocycles. The van der Waals surface area contributed by atoms with Crippen LogP contribution in [0.25, 0.3) is 0 Å². The fraction of sp³-hybridized carbons (Fsp3) is 0.923. The molecule has 2 atom stereocenters. The number of aliphatic imine (C=N–C) groups is 1. The zero-order chi connectivity index (χ0) is 12.8. The summed E-state index contributed by atoms with van der Waals surface area (Å²) >= 11 is 1.85. The van der Waals surface area contributed by atoms with Gasteiger partial charge in [0.05, 0.1) is 19.3 Å². The van der Waals surface area contributed by atoms with Gasteiger partial charge >= 0.3 is 0 Å². The molecule has 0 radical (unpaired) electrons. The number of nitrogens with zero attached hydrogens (tertiary/aromatic N) is 2. The number of hydrogen-bond acceptors (Lipinski definition) is 4. The quantitative estimate of drug-likeness (QED) is 0.842. The molecule has 1 N–H and O–H groups in total. The van der Waals surface area contributed by atoms with E-state index in [1.807, 2.05) is 11.8 Å². The van der Waals surface area contributed by atoms with Gasteiger partial charge in [-0.05, 0) is 19.4 Å². The Morgan fingerprint density at radius 3 is 3.17 bits per heavy atom. The summed E-state index contributed by atoms with van der Waals surface area (Å²) < 4.78 is 5.77. The first kappa shape index (κ1) is 14.2. The smallest absolute Gasteiger partial charge is 0.156 e. The lowest BCUT2D eigenvalue weighted by Gasteiger charge is -2.31. The number of hydrogen-bond donors (Lipinski definition) is 1. The molecule has 2 fully saturated rings. The Hall–Kier alpha value is -0.260. The number of rotatable bonds is 4. The summed E-state index contributed by atoms with van der Waals surface area (Å²) in [7, 11) is 0. The Kier molecular flexibility index (Phi) is 5.79. The van der Waals surface area contributed by atoms with Crippen LogP contribution in [0.3, 0.4) is 0 Å². The van der Waals surface area contributed by atoms with Crippen LogP contribution in [0.1, 0.15) is 26.7 Å². The van der Waals surface area contributed by atoms with Gasteiger partial charge in [-0.15, -0.1) is 0 Å². The molecule has 0 bridgehead atoms. The normalized spacial score (nSPS) is 32.4. The molecule has 104 valence electrons. The highest BCUT2D eigenvalue weighted by Gasteiger charge is 2.20. The van der Waals surface area contributed by atoms with Crippen molar-refractivity contribution >= 4 is 16.9 Å². The van der Waals surface area contributed by atoms with Gasteiger partial charge in [-0.3, -0.25) is 9.89 Å². The van der Waals surface area contributed by atoms with Crippen LogP contribution in [0.2, 0.25) is 0 Å². The SMILES string of the molecule is CCC1CCSC(=NCC2CN(CC)CCO2)N1. The molecule has 5 heteroatoms. The molecule has 4 nitrogen and oxygen atoms in total. The first-order valence-corrected chi connectivity index (χ1v) is 8.08. The van der Waals surface area contributed by atoms with Gasteiger partial charge in [0.15, 0.2) is 5.17 Å². The van der Waals surface area contributed by atoms with Crippen LogP contribution in [0, 0.1) is 0 Å². The third kappa shape index (κ3) is 4.14. The largest absolute Gasteiger partial charge is 0.374 e. The van der Waals surface area contributed by atoms with E-state index in [1.54, 1.807) is 0 Å². The molecule has 2 aliphatic rings. The fourth-order valence-corrected chi connectivity index (χ4v) is 3.36. The maximum absolute atomic E-state index is 5.77. The molecule has 2 heterocycles. The summed E-state index contributed by atoms with van der Waals surface area (Å²) in [6, 6.07) is 0.615. The molecule has 0 spiro atoms. The Labute approximate surface area is 115 Å². The molecule has 0 saturated carbocycles. The number of likely N-dealkylation sites (N-methyl/N-ethyl adjacent to an activating group) is 1. The van der Waals surface area contributed by atoms with Gasteiger partial charge in [-0.2, -0.15) is 0 Å². The zero-order valence-electron chi connectivity index (χ0n) is 11.5. The van der Waals surface area contributed by atoms with Gasteiger partial charge < -0.3 is 10.1 Å². The fourth-order valence-electron chi connectivity index (χ4n) is 2.35. The van der Waals surface area contributed by atoms with E-state index < -0.39 is 0 Å². The highest BCUT2D eigenvalue weighted by atomic mass is 32.2. The van der Waals surface area contributed by atoms with Gasteiger partial charge in [0.2, 0.25) is 0 Å². The van der Waals surface area contributed by atoms with E-state index in [1.165, 1.54) is 18.6 Å². The topological polar surface area (TPSA) is 36.9 Å². The molecule has 0 aromatic rings. The average molecular weight is 271 g/mol. The molecular weight excluding hydrogens is 246 g/mol. The summed E-state index contributed by atoms with van der Waals surface area (Å²) in [6.45, 7) is 9.28. The van der Waals surface area contributed by atoms with Gasteiger partial charge in [-0.25, -0.2) is 0 Å². The van der Waals surface area contributed by atoms with Crippen LogP contribution in [0.5, 0.6) is 0 Å². The molecule has 0 aromatic carbocycles. The van der Waals surface area contributed by atoms with E-state index in [2.05, 4.69) is 24.1 Å². The van der Waals surface area contributed by atoms with Crippen molar-refractivity contribution in [3.8, 4) is 0 Å². The second kappa shape index (κ2) is 7.36. The first-order valence-electron chi connectivity index (χ1n) is 7.09. The minimum atomic E-state index is 0.274. The van der Waals surface area contributed by atoms with Crippen molar-refractivity contribution in [2.75, 3.05) is 38.5 Å². The predicted octanol–water partition coefficient (Wildman–Crippen LogP) is 1.57. The summed E-state index contributed by atoms with van der Waals surface area (Å²) in [5, 5.41) is 4.63. The summed E-state index contributed by atoms with van der Waals surface area (Å²) in [4.78, 5) is 7.13. The maximum atomic E-state index is 5.77. The van der Waals surface area contributed by atoms with E-state index in [4.69, 9.17) is 9.73 Å². The number of morpholine rings is 1. The van der Waals surface area contributed by atoms with Crippen molar-refractivity contribution in [2.24, 2.45) is 4.99 Å². The lowest BCUT2D eigenvalue weighted by molar-refractivity contribution is -0.0209. The minimum absolute atomic E-state index is 0.274. The predicted molar refractivity (Wildman–Crippen MR) is 78.4 cm³/mol. The lowest BCUT2D eigenvalue weighted by Crippen LogP contribution is -2.44. The van der Waals surface area contributed by atoms with Gasteiger partial charge in [0.1, 0.15) is 0 Å². The van der Waals surface area contributed by atoms with Gasteiger partial charge in [-0.1, -0.05) is 25.6 Å². The van der Waals surface area contributed by atoms with E-state index in [0.29, 0.717) is 6.04 Å². The molecule has 2 unspecified atom stereocenters. The van der Waals surface area contributed by atoms with Crippen LogP contribution >= 0.6 is 11.8 Å². The van der Waals surface area contributed by atoms with Crippen molar-refractivity contribution in [1.82, 2.24) is 10.2 Å². The Morgan fingerprint density at radius 2 is 2.39 bits per heavy atom. The van der Waals surface area contributed by atoms with Crippen molar-refractivity contribution in [3.63, 3.8) is 0 Å². The number of amidine groups is 1. The second-order valence-electron chi connectivity index (χ2n) is 4.92. The standard InChI is InChI=1S/C13H25N3OS/c1-3-11-5-8-18-13(15-11)14-9-12-10-16(4-2)6-7-17-12/h11-12H,3-10H2,1-2H3,(H,14,15). The van der Waals surface area contributed by atoms with Crippen molar-refractivity contribution in [2.45, 2.75) is 38.8 Å². The van der Waals surface area contributed by atoms with E-state index >= 15 is 0 Å². The lowest BCUT2D eigenvalue weighted by atomic mass is 10.2. The van der Waals surface area contributed by atoms with Gasteiger partial charge in [0, 0.05) is 24.9 Å². The van der Waals surface area contributed by atoms with Crippen LogP contribution in [0.15, 0.2) is 4.99 Å². The summed E-state index contributed by atoms with van der Waals surface area (Å²) in [5.74, 6) is 1.19. The van der Waals surface area contributed by atoms with Crippen LogP contribution in [-0.2, 0) is 4.74 Å². The molecule has 0 amide bonds. The number of nitrogens with one attached hydrogen (secondary N) is 1. The third-order valence-electron chi connectivity index (χ3n) is 3.63. The highest BCUT2D eigenvalue weighted by molar-refractivity contribution is 8.13. The van der Waals surface area contributed by atoms with E-state index in [-0.39, 0.29) is 6.10 Å².